The topological polar surface area (TPSA) is 50.9 Å². The average molecular weight is 243 g/mol. The lowest BCUT2D eigenvalue weighted by Gasteiger charge is -2.05. The van der Waals surface area contributed by atoms with Gasteiger partial charge >= 0.3 is 0 Å². The highest BCUT2D eigenvalue weighted by molar-refractivity contribution is 7.80. The van der Waals surface area contributed by atoms with Crippen molar-refractivity contribution in [2.75, 3.05) is 5.32 Å². The van der Waals surface area contributed by atoms with Gasteiger partial charge in [-0.2, -0.15) is 0 Å². The fourth-order valence-electron chi connectivity index (χ4n) is 1.57. The standard InChI is InChI=1S/C13H13N3S/c1-9-3-2-4-12(15-9)10-5-7-11(8-6-10)16-13(14)17/h2-8H,1H3,(H3,14,16,17). The number of thiocarbonyl (C=S) groups is 1. The maximum absolute atomic E-state index is 5.40. The van der Waals surface area contributed by atoms with Crippen molar-refractivity contribution in [3.63, 3.8) is 0 Å². The number of hydrogen-bond donors (Lipinski definition) is 2. The van der Waals surface area contributed by atoms with E-state index in [1.807, 2.05) is 49.4 Å². The van der Waals surface area contributed by atoms with Crippen LogP contribution in [-0.4, -0.2) is 10.1 Å². The Balaban J connectivity index is 2.26. The monoisotopic (exact) mass is 243 g/mol. The predicted molar refractivity (Wildman–Crippen MR) is 74.8 cm³/mol. The molecule has 2 rings (SSSR count). The van der Waals surface area contributed by atoms with E-state index in [9.17, 15) is 0 Å². The molecule has 0 fully saturated rings. The molecule has 0 atom stereocenters. The van der Waals surface area contributed by atoms with Gasteiger partial charge in [-0.25, -0.2) is 0 Å². The molecule has 0 radical (unpaired) electrons. The van der Waals surface area contributed by atoms with Crippen molar-refractivity contribution in [2.24, 2.45) is 5.73 Å². The molecule has 4 heteroatoms. The van der Waals surface area contributed by atoms with Gasteiger partial charge in [0.1, 0.15) is 0 Å². The average Bonchev–Trinajstić information content (AvgIpc) is 2.29. The Morgan fingerprint density at radius 3 is 2.47 bits per heavy atom. The first-order valence-corrected chi connectivity index (χ1v) is 5.66. The molecule has 0 amide bonds. The molecule has 0 unspecified atom stereocenters. The van der Waals surface area contributed by atoms with Gasteiger partial charge in [0.05, 0.1) is 5.69 Å². The number of anilines is 1. The Morgan fingerprint density at radius 1 is 1.18 bits per heavy atom. The molecule has 1 heterocycles. The maximum Gasteiger partial charge on any atom is 0.168 e. The quantitative estimate of drug-likeness (QED) is 0.796. The molecular formula is C13H13N3S. The van der Waals surface area contributed by atoms with E-state index in [1.54, 1.807) is 0 Å². The summed E-state index contributed by atoms with van der Waals surface area (Å²) in [5.74, 6) is 0. The summed E-state index contributed by atoms with van der Waals surface area (Å²) in [6.07, 6.45) is 0. The molecule has 86 valence electrons. The minimum Gasteiger partial charge on any atom is -0.376 e. The van der Waals surface area contributed by atoms with Crippen LogP contribution in [0.5, 0.6) is 0 Å². The van der Waals surface area contributed by atoms with E-state index in [1.165, 1.54) is 0 Å². The third-order valence-electron chi connectivity index (χ3n) is 2.34. The summed E-state index contributed by atoms with van der Waals surface area (Å²) in [6.45, 7) is 1.98. The molecule has 0 spiro atoms. The molecule has 0 aliphatic rings. The molecule has 17 heavy (non-hydrogen) atoms. The SMILES string of the molecule is Cc1cccc(-c2ccc(NC(N)=S)cc2)n1. The summed E-state index contributed by atoms with van der Waals surface area (Å²) in [5, 5.41) is 3.15. The summed E-state index contributed by atoms with van der Waals surface area (Å²) in [6, 6.07) is 13.8. The molecule has 0 aliphatic carbocycles. The highest BCUT2D eigenvalue weighted by atomic mass is 32.1. The highest BCUT2D eigenvalue weighted by Crippen LogP contribution is 2.19. The number of nitrogens with zero attached hydrogens (tertiary/aromatic N) is 1. The normalized spacial score (nSPS) is 9.94. The van der Waals surface area contributed by atoms with Crippen molar-refractivity contribution < 1.29 is 0 Å². The van der Waals surface area contributed by atoms with E-state index in [0.29, 0.717) is 0 Å². The zero-order valence-corrected chi connectivity index (χ0v) is 10.3. The lowest BCUT2D eigenvalue weighted by atomic mass is 10.1. The molecule has 3 nitrogen and oxygen atoms in total. The van der Waals surface area contributed by atoms with Crippen LogP contribution < -0.4 is 11.1 Å². The van der Waals surface area contributed by atoms with E-state index in [2.05, 4.69) is 10.3 Å². The van der Waals surface area contributed by atoms with Gasteiger partial charge in [-0.3, -0.25) is 4.98 Å². The fraction of sp³-hybridized carbons (Fsp3) is 0.0769. The summed E-state index contributed by atoms with van der Waals surface area (Å²) >= 11 is 4.78. The van der Waals surface area contributed by atoms with E-state index in [-0.39, 0.29) is 5.11 Å². The minimum absolute atomic E-state index is 0.270. The third kappa shape index (κ3) is 3.01. The highest BCUT2D eigenvalue weighted by Gasteiger charge is 1.99. The fourth-order valence-corrected chi connectivity index (χ4v) is 1.69. The van der Waals surface area contributed by atoms with Crippen molar-refractivity contribution in [3.05, 3.63) is 48.2 Å². The second-order valence-corrected chi connectivity index (χ2v) is 4.17. The molecule has 0 aliphatic heterocycles. The van der Waals surface area contributed by atoms with Crippen LogP contribution in [0.3, 0.4) is 0 Å². The molecule has 1 aromatic heterocycles. The van der Waals surface area contributed by atoms with Gasteiger partial charge in [-0.05, 0) is 43.4 Å². The number of rotatable bonds is 2. The maximum atomic E-state index is 5.40. The molecule has 0 bridgehead atoms. The number of aromatic nitrogens is 1. The summed E-state index contributed by atoms with van der Waals surface area (Å²) in [4.78, 5) is 4.46. The van der Waals surface area contributed by atoms with Crippen LogP contribution in [0.15, 0.2) is 42.5 Å². The number of hydrogen-bond acceptors (Lipinski definition) is 2. The first kappa shape index (κ1) is 11.5. The Labute approximate surface area is 106 Å². The Bertz CT molecular complexity index is 535. The van der Waals surface area contributed by atoms with Gasteiger partial charge in [0, 0.05) is 16.9 Å². The number of nitrogens with two attached hydrogens (primary N) is 1. The van der Waals surface area contributed by atoms with E-state index in [4.69, 9.17) is 18.0 Å². The van der Waals surface area contributed by atoms with Crippen LogP contribution in [0.1, 0.15) is 5.69 Å². The summed E-state index contributed by atoms with van der Waals surface area (Å²) < 4.78 is 0. The van der Waals surface area contributed by atoms with Crippen LogP contribution in [0, 0.1) is 6.92 Å². The van der Waals surface area contributed by atoms with E-state index < -0.39 is 0 Å². The Kier molecular flexibility index (Phi) is 3.35. The van der Waals surface area contributed by atoms with E-state index in [0.717, 1.165) is 22.6 Å². The summed E-state index contributed by atoms with van der Waals surface area (Å²) in [5.41, 5.74) is 9.33. The van der Waals surface area contributed by atoms with Gasteiger partial charge < -0.3 is 11.1 Å². The number of aryl methyl sites for hydroxylation is 1. The first-order chi connectivity index (χ1) is 8.15. The van der Waals surface area contributed by atoms with Gasteiger partial charge in [-0.15, -0.1) is 0 Å². The minimum atomic E-state index is 0.270. The van der Waals surface area contributed by atoms with E-state index >= 15 is 0 Å². The van der Waals surface area contributed by atoms with Gasteiger partial charge in [-0.1, -0.05) is 18.2 Å². The third-order valence-corrected chi connectivity index (χ3v) is 2.44. The molecule has 0 saturated carbocycles. The first-order valence-electron chi connectivity index (χ1n) is 5.26. The Morgan fingerprint density at radius 2 is 1.88 bits per heavy atom. The molecular weight excluding hydrogens is 230 g/mol. The zero-order valence-electron chi connectivity index (χ0n) is 9.47. The van der Waals surface area contributed by atoms with Crippen LogP contribution >= 0.6 is 12.2 Å². The Hall–Kier alpha value is -1.94. The molecule has 1 aromatic carbocycles. The zero-order chi connectivity index (χ0) is 12.3. The van der Waals surface area contributed by atoms with Crippen molar-refractivity contribution in [2.45, 2.75) is 6.92 Å². The summed E-state index contributed by atoms with van der Waals surface area (Å²) in [7, 11) is 0. The van der Waals surface area contributed by atoms with Crippen molar-refractivity contribution in [3.8, 4) is 11.3 Å². The van der Waals surface area contributed by atoms with Crippen LogP contribution in [0.2, 0.25) is 0 Å². The second kappa shape index (κ2) is 4.93. The largest absolute Gasteiger partial charge is 0.376 e. The number of benzene rings is 1. The van der Waals surface area contributed by atoms with Crippen LogP contribution in [0.4, 0.5) is 5.69 Å². The van der Waals surface area contributed by atoms with Crippen LogP contribution in [0.25, 0.3) is 11.3 Å². The molecule has 2 aromatic rings. The second-order valence-electron chi connectivity index (χ2n) is 3.73. The predicted octanol–water partition coefficient (Wildman–Crippen LogP) is 2.71. The van der Waals surface area contributed by atoms with Crippen molar-refractivity contribution >= 4 is 23.0 Å². The molecule has 3 N–H and O–H groups in total. The molecule has 0 saturated heterocycles. The van der Waals surface area contributed by atoms with Gasteiger partial charge in [0.25, 0.3) is 0 Å². The number of pyridine rings is 1. The van der Waals surface area contributed by atoms with Crippen molar-refractivity contribution in [1.82, 2.24) is 4.98 Å². The lowest BCUT2D eigenvalue weighted by Crippen LogP contribution is -2.18. The number of nitrogens with one attached hydrogen (secondary N) is 1. The van der Waals surface area contributed by atoms with Crippen LogP contribution in [-0.2, 0) is 0 Å². The smallest absolute Gasteiger partial charge is 0.168 e. The van der Waals surface area contributed by atoms with Gasteiger partial charge in [0.15, 0.2) is 5.11 Å². The van der Waals surface area contributed by atoms with Gasteiger partial charge in [0.2, 0.25) is 0 Å². The lowest BCUT2D eigenvalue weighted by molar-refractivity contribution is 1.21. The van der Waals surface area contributed by atoms with Crippen molar-refractivity contribution in [1.29, 1.82) is 0 Å².